The molecular weight excluding hydrogens is 286 g/mol. The highest BCUT2D eigenvalue weighted by Gasteiger charge is 2.16. The Labute approximate surface area is 127 Å². The van der Waals surface area contributed by atoms with Crippen LogP contribution in [0.3, 0.4) is 0 Å². The number of aryl methyl sites for hydroxylation is 1. The van der Waals surface area contributed by atoms with Crippen molar-refractivity contribution in [1.82, 2.24) is 4.37 Å². The van der Waals surface area contributed by atoms with Crippen LogP contribution >= 0.6 is 11.5 Å². The summed E-state index contributed by atoms with van der Waals surface area (Å²) < 4.78 is 9.36. The third kappa shape index (κ3) is 4.04. The summed E-state index contributed by atoms with van der Waals surface area (Å²) in [7, 11) is 0. The van der Waals surface area contributed by atoms with Gasteiger partial charge in [-0.25, -0.2) is 4.79 Å². The molecule has 1 heterocycles. The molecule has 2 aromatic rings. The summed E-state index contributed by atoms with van der Waals surface area (Å²) >= 11 is 1.11. The molecule has 1 amide bonds. The molecule has 0 saturated heterocycles. The van der Waals surface area contributed by atoms with Gasteiger partial charge in [-0.05, 0) is 36.5 Å². The van der Waals surface area contributed by atoms with Gasteiger partial charge in [0.2, 0.25) is 0 Å². The van der Waals surface area contributed by atoms with Gasteiger partial charge in [0.25, 0.3) is 0 Å². The van der Waals surface area contributed by atoms with Crippen LogP contribution in [0.15, 0.2) is 30.3 Å². The number of nitriles is 1. The van der Waals surface area contributed by atoms with Crippen molar-refractivity contribution < 1.29 is 9.53 Å². The average molecular weight is 301 g/mol. The van der Waals surface area contributed by atoms with E-state index in [1.54, 1.807) is 24.3 Å². The van der Waals surface area contributed by atoms with Crippen molar-refractivity contribution in [3.05, 3.63) is 41.6 Å². The molecule has 6 heteroatoms. The highest BCUT2D eigenvalue weighted by atomic mass is 32.1. The summed E-state index contributed by atoms with van der Waals surface area (Å²) in [5.74, 6) is 0.448. The Morgan fingerprint density at radius 2 is 2.19 bits per heavy atom. The number of rotatable bonds is 5. The van der Waals surface area contributed by atoms with Gasteiger partial charge in [-0.15, -0.1) is 0 Å². The smallest absolute Gasteiger partial charge is 0.410 e. The first-order chi connectivity index (χ1) is 10.2. The molecule has 2 rings (SSSR count). The van der Waals surface area contributed by atoms with E-state index in [2.05, 4.69) is 22.7 Å². The molecule has 5 nitrogen and oxygen atoms in total. The Morgan fingerprint density at radius 3 is 2.86 bits per heavy atom. The number of unbranched alkanes of at least 4 members (excludes halogenated alkanes) is 1. The summed E-state index contributed by atoms with van der Waals surface area (Å²) in [4.78, 5) is 11.8. The van der Waals surface area contributed by atoms with E-state index in [-0.39, 0.29) is 0 Å². The number of hydrogen-bond acceptors (Lipinski definition) is 5. The lowest BCUT2D eigenvalue weighted by Crippen LogP contribution is -2.16. The van der Waals surface area contributed by atoms with Crippen molar-refractivity contribution >= 4 is 22.6 Å². The molecule has 0 aliphatic carbocycles. The van der Waals surface area contributed by atoms with Crippen molar-refractivity contribution in [3.63, 3.8) is 0 Å². The molecule has 0 atom stereocenters. The van der Waals surface area contributed by atoms with Crippen LogP contribution in [-0.2, 0) is 6.42 Å². The number of nitrogens with one attached hydrogen (secondary N) is 1. The molecule has 0 bridgehead atoms. The lowest BCUT2D eigenvalue weighted by atomic mass is 10.1. The fourth-order valence-electron chi connectivity index (χ4n) is 1.75. The van der Waals surface area contributed by atoms with E-state index in [1.165, 1.54) is 0 Å². The van der Waals surface area contributed by atoms with E-state index in [0.717, 1.165) is 36.5 Å². The number of carbonyl (C=O) groups is 1. The monoisotopic (exact) mass is 301 g/mol. The molecule has 1 N–H and O–H groups in total. The minimum atomic E-state index is -0.622. The Bertz CT molecular complexity index is 647. The molecule has 1 aromatic carbocycles. The number of carbonyl (C=O) groups excluding carboxylic acids is 1. The van der Waals surface area contributed by atoms with Crippen LogP contribution < -0.4 is 10.1 Å². The van der Waals surface area contributed by atoms with Gasteiger partial charge >= 0.3 is 6.09 Å². The average Bonchev–Trinajstić information content (AvgIpc) is 2.87. The number of amides is 1. The first-order valence-electron chi connectivity index (χ1n) is 6.67. The molecule has 0 saturated carbocycles. The third-order valence-electron chi connectivity index (χ3n) is 2.81. The quantitative estimate of drug-likeness (QED) is 0.906. The molecule has 0 unspecified atom stereocenters. The van der Waals surface area contributed by atoms with E-state index >= 15 is 0 Å². The van der Waals surface area contributed by atoms with Crippen LogP contribution in [0.1, 0.15) is 31.0 Å². The van der Waals surface area contributed by atoms with Gasteiger partial charge < -0.3 is 4.74 Å². The summed E-state index contributed by atoms with van der Waals surface area (Å²) in [6.07, 6.45) is 2.11. The Hall–Kier alpha value is -2.39. The van der Waals surface area contributed by atoms with Crippen LogP contribution in [0.4, 0.5) is 9.80 Å². The highest BCUT2D eigenvalue weighted by molar-refractivity contribution is 7.10. The van der Waals surface area contributed by atoms with E-state index in [1.807, 2.05) is 6.07 Å². The molecule has 108 valence electrons. The van der Waals surface area contributed by atoms with Gasteiger partial charge in [-0.3, -0.25) is 5.32 Å². The second-order valence-corrected chi connectivity index (χ2v) is 5.15. The zero-order chi connectivity index (χ0) is 15.1. The molecule has 0 fully saturated rings. The molecule has 0 radical (unpaired) electrons. The van der Waals surface area contributed by atoms with Crippen molar-refractivity contribution in [2.75, 3.05) is 5.32 Å². The minimum Gasteiger partial charge on any atom is -0.410 e. The van der Waals surface area contributed by atoms with Crippen molar-refractivity contribution in [2.24, 2.45) is 0 Å². The van der Waals surface area contributed by atoms with Gasteiger partial charge in [-0.1, -0.05) is 31.5 Å². The molecule has 0 aliphatic heterocycles. The zero-order valence-corrected chi connectivity index (χ0v) is 12.4. The number of ether oxygens (including phenoxy) is 1. The second-order valence-electron chi connectivity index (χ2n) is 4.38. The maximum absolute atomic E-state index is 11.8. The lowest BCUT2D eigenvalue weighted by Gasteiger charge is -2.04. The van der Waals surface area contributed by atoms with Crippen LogP contribution in [0.5, 0.6) is 5.75 Å². The third-order valence-corrected chi connectivity index (χ3v) is 3.61. The molecule has 0 aliphatic rings. The van der Waals surface area contributed by atoms with Gasteiger partial charge in [0.15, 0.2) is 0 Å². The fraction of sp³-hybridized carbons (Fsp3) is 0.267. The summed E-state index contributed by atoms with van der Waals surface area (Å²) in [6.45, 7) is 2.08. The van der Waals surface area contributed by atoms with Crippen LogP contribution in [-0.4, -0.2) is 10.5 Å². The number of hydrogen-bond donors (Lipinski definition) is 1. The number of anilines is 1. The molecule has 1 aromatic heterocycles. The topological polar surface area (TPSA) is 75.0 Å². The lowest BCUT2D eigenvalue weighted by molar-refractivity contribution is 0.215. The van der Waals surface area contributed by atoms with Crippen LogP contribution in [0.25, 0.3) is 0 Å². The minimum absolute atomic E-state index is 0.429. The summed E-state index contributed by atoms with van der Waals surface area (Å²) in [5.41, 5.74) is 1.16. The zero-order valence-electron chi connectivity index (χ0n) is 11.6. The van der Waals surface area contributed by atoms with E-state index in [4.69, 9.17) is 4.74 Å². The predicted molar refractivity (Wildman–Crippen MR) is 81.5 cm³/mol. The first kappa shape index (κ1) is 15.0. The maximum Gasteiger partial charge on any atom is 0.417 e. The number of nitrogens with zero attached hydrogens (tertiary/aromatic N) is 2. The standard InChI is InChI=1S/C15H15N3O2S/c1-2-3-9-13-12(10-16)14(21-18-13)17-15(19)20-11-7-5-4-6-8-11/h4-8H,2-3,9H2,1H3,(H,17,19). The van der Waals surface area contributed by atoms with Gasteiger partial charge in [-0.2, -0.15) is 9.64 Å². The maximum atomic E-state index is 11.8. The van der Waals surface area contributed by atoms with Crippen molar-refractivity contribution in [3.8, 4) is 11.8 Å². The predicted octanol–water partition coefficient (Wildman–Crippen LogP) is 3.97. The number of benzene rings is 1. The van der Waals surface area contributed by atoms with E-state index in [9.17, 15) is 10.1 Å². The van der Waals surface area contributed by atoms with Gasteiger partial charge in [0, 0.05) is 0 Å². The largest absolute Gasteiger partial charge is 0.417 e. The van der Waals surface area contributed by atoms with Crippen LogP contribution in [0, 0.1) is 11.3 Å². The first-order valence-corrected chi connectivity index (χ1v) is 7.44. The normalized spacial score (nSPS) is 9.90. The number of para-hydroxylation sites is 1. The van der Waals surface area contributed by atoms with E-state index in [0.29, 0.717) is 16.3 Å². The second kappa shape index (κ2) is 7.41. The molecule has 0 spiro atoms. The van der Waals surface area contributed by atoms with Gasteiger partial charge in [0.05, 0.1) is 5.69 Å². The molecular formula is C15H15N3O2S. The number of aromatic nitrogens is 1. The Kier molecular flexibility index (Phi) is 5.29. The van der Waals surface area contributed by atoms with Crippen molar-refractivity contribution in [2.45, 2.75) is 26.2 Å². The van der Waals surface area contributed by atoms with Crippen molar-refractivity contribution in [1.29, 1.82) is 5.26 Å². The van der Waals surface area contributed by atoms with E-state index < -0.39 is 6.09 Å². The fourth-order valence-corrected chi connectivity index (χ4v) is 2.52. The summed E-state index contributed by atoms with van der Waals surface area (Å²) in [6, 6.07) is 10.9. The SMILES string of the molecule is CCCCc1nsc(NC(=O)Oc2ccccc2)c1C#N. The summed E-state index contributed by atoms with van der Waals surface area (Å²) in [5, 5.41) is 12.2. The Morgan fingerprint density at radius 1 is 1.43 bits per heavy atom. The Balaban J connectivity index is 2.04. The molecule has 21 heavy (non-hydrogen) atoms. The van der Waals surface area contributed by atoms with Gasteiger partial charge in [0.1, 0.15) is 22.4 Å². The highest BCUT2D eigenvalue weighted by Crippen LogP contribution is 2.25. The van der Waals surface area contributed by atoms with Crippen LogP contribution in [0.2, 0.25) is 0 Å².